The van der Waals surface area contributed by atoms with Crippen molar-refractivity contribution < 1.29 is 18.8 Å². The largest absolute Gasteiger partial charge is 0.492 e. The topological polar surface area (TPSA) is 93.5 Å². The third kappa shape index (κ3) is 5.95. The van der Waals surface area contributed by atoms with Crippen molar-refractivity contribution in [3.05, 3.63) is 41.8 Å². The van der Waals surface area contributed by atoms with Crippen LogP contribution in [0, 0.1) is 0 Å². The van der Waals surface area contributed by atoms with Crippen LogP contribution in [0.15, 0.2) is 34.9 Å². The van der Waals surface area contributed by atoms with Crippen molar-refractivity contribution in [1.82, 2.24) is 10.5 Å². The molecule has 0 unspecified atom stereocenters. The summed E-state index contributed by atoms with van der Waals surface area (Å²) in [6.07, 6.45) is 1.53. The lowest BCUT2D eigenvalue weighted by atomic mass is 10.2. The Kier molecular flexibility index (Phi) is 7.00. The zero-order chi connectivity index (χ0) is 18.1. The van der Waals surface area contributed by atoms with E-state index in [9.17, 15) is 9.59 Å². The number of aromatic nitrogens is 1. The number of ether oxygens (including phenoxy) is 1. The summed E-state index contributed by atoms with van der Waals surface area (Å²) in [5, 5.41) is 9.24. The molecule has 0 bridgehead atoms. The van der Waals surface area contributed by atoms with E-state index < -0.39 is 5.91 Å². The van der Waals surface area contributed by atoms with Crippen molar-refractivity contribution in [3.63, 3.8) is 0 Å². The molecule has 7 heteroatoms. The van der Waals surface area contributed by atoms with Gasteiger partial charge in [0.2, 0.25) is 11.8 Å². The van der Waals surface area contributed by atoms with E-state index in [1.807, 2.05) is 19.1 Å². The highest BCUT2D eigenvalue weighted by Crippen LogP contribution is 2.23. The van der Waals surface area contributed by atoms with Crippen molar-refractivity contribution in [3.8, 4) is 5.75 Å². The highest BCUT2D eigenvalue weighted by atomic mass is 16.5. The predicted octanol–water partition coefficient (Wildman–Crippen LogP) is 2.67. The molecule has 0 atom stereocenters. The van der Waals surface area contributed by atoms with Gasteiger partial charge < -0.3 is 19.9 Å². The number of para-hydroxylation sites is 2. The molecule has 1 aromatic carbocycles. The Morgan fingerprint density at radius 3 is 2.76 bits per heavy atom. The maximum Gasteiger partial charge on any atom is 0.233 e. The van der Waals surface area contributed by atoms with Crippen LogP contribution in [0.3, 0.4) is 0 Å². The summed E-state index contributed by atoms with van der Waals surface area (Å²) in [5.41, 5.74) is 1.40. The lowest BCUT2D eigenvalue weighted by Crippen LogP contribution is -2.27. The van der Waals surface area contributed by atoms with Crippen molar-refractivity contribution in [1.29, 1.82) is 0 Å². The van der Waals surface area contributed by atoms with Crippen LogP contribution in [0.2, 0.25) is 0 Å². The molecule has 0 aliphatic rings. The number of aryl methyl sites for hydroxylation is 1. The molecule has 0 radical (unpaired) electrons. The van der Waals surface area contributed by atoms with Crippen molar-refractivity contribution in [2.24, 2.45) is 0 Å². The summed E-state index contributed by atoms with van der Waals surface area (Å²) < 4.78 is 10.6. The van der Waals surface area contributed by atoms with E-state index in [0.717, 1.165) is 18.5 Å². The number of nitrogens with one attached hydrogen (secondary N) is 2. The van der Waals surface area contributed by atoms with E-state index in [1.54, 1.807) is 18.2 Å². The van der Waals surface area contributed by atoms with Gasteiger partial charge in [0.05, 0.1) is 24.5 Å². The normalized spacial score (nSPS) is 10.3. The first kappa shape index (κ1) is 18.5. The number of nitrogens with zero attached hydrogens (tertiary/aromatic N) is 1. The Hall–Kier alpha value is -2.83. The molecule has 0 saturated carbocycles. The van der Waals surface area contributed by atoms with Gasteiger partial charge in [-0.15, -0.1) is 0 Å². The predicted molar refractivity (Wildman–Crippen MR) is 93.2 cm³/mol. The summed E-state index contributed by atoms with van der Waals surface area (Å²) in [5.74, 6) is 0.344. The number of hydrogen-bond donors (Lipinski definition) is 2. The second-order valence-corrected chi connectivity index (χ2v) is 5.47. The van der Waals surface area contributed by atoms with Crippen LogP contribution in [0.4, 0.5) is 5.69 Å². The van der Waals surface area contributed by atoms with Gasteiger partial charge in [-0.05, 0) is 25.5 Å². The van der Waals surface area contributed by atoms with Crippen LogP contribution in [0.25, 0.3) is 0 Å². The second-order valence-electron chi connectivity index (χ2n) is 5.47. The van der Waals surface area contributed by atoms with Gasteiger partial charge in [0, 0.05) is 6.07 Å². The average Bonchev–Trinajstić information content (AvgIpc) is 3.03. The van der Waals surface area contributed by atoms with E-state index in [4.69, 9.17) is 9.26 Å². The highest BCUT2D eigenvalue weighted by Gasteiger charge is 2.13. The number of carbonyl (C=O) groups is 2. The first-order valence-electron chi connectivity index (χ1n) is 8.35. The minimum absolute atomic E-state index is 0.207. The minimum atomic E-state index is -0.408. The van der Waals surface area contributed by atoms with E-state index in [2.05, 4.69) is 22.7 Å². The number of amides is 2. The van der Waals surface area contributed by atoms with E-state index in [0.29, 0.717) is 23.8 Å². The van der Waals surface area contributed by atoms with Gasteiger partial charge in [0.25, 0.3) is 0 Å². The van der Waals surface area contributed by atoms with Gasteiger partial charge >= 0.3 is 0 Å². The Morgan fingerprint density at radius 1 is 1.20 bits per heavy atom. The fraction of sp³-hybridized carbons (Fsp3) is 0.389. The van der Waals surface area contributed by atoms with E-state index >= 15 is 0 Å². The molecule has 0 aliphatic carbocycles. The molecule has 2 rings (SSSR count). The zero-order valence-corrected chi connectivity index (χ0v) is 14.5. The smallest absolute Gasteiger partial charge is 0.233 e. The summed E-state index contributed by atoms with van der Waals surface area (Å²) in [4.78, 5) is 23.9. The Balaban J connectivity index is 1.80. The van der Waals surface area contributed by atoms with Crippen molar-refractivity contribution >= 4 is 17.5 Å². The van der Waals surface area contributed by atoms with Crippen molar-refractivity contribution in [2.75, 3.05) is 11.9 Å². The van der Waals surface area contributed by atoms with Gasteiger partial charge in [-0.3, -0.25) is 9.59 Å². The Morgan fingerprint density at radius 2 is 2.00 bits per heavy atom. The summed E-state index contributed by atoms with van der Waals surface area (Å²) in [7, 11) is 0. The van der Waals surface area contributed by atoms with Gasteiger partial charge in [-0.1, -0.05) is 30.6 Å². The molecule has 25 heavy (non-hydrogen) atoms. The van der Waals surface area contributed by atoms with Crippen LogP contribution >= 0.6 is 0 Å². The van der Waals surface area contributed by atoms with Crippen LogP contribution in [-0.4, -0.2) is 23.6 Å². The fourth-order valence-electron chi connectivity index (χ4n) is 2.25. The van der Waals surface area contributed by atoms with E-state index in [-0.39, 0.29) is 18.9 Å². The molecule has 0 fully saturated rings. The van der Waals surface area contributed by atoms with Crippen LogP contribution in [0.1, 0.15) is 38.1 Å². The summed E-state index contributed by atoms with van der Waals surface area (Å²) >= 11 is 0. The average molecular weight is 345 g/mol. The molecular weight excluding hydrogens is 322 g/mol. The number of carbonyl (C=O) groups excluding carboxylic acids is 2. The third-order valence-electron chi connectivity index (χ3n) is 3.36. The van der Waals surface area contributed by atoms with Gasteiger partial charge in [-0.2, -0.15) is 0 Å². The molecule has 1 heterocycles. The SMILES string of the molecule is CCCc1cc(CNC(=O)CC(=O)Nc2ccccc2OCC)on1. The Labute approximate surface area is 146 Å². The van der Waals surface area contributed by atoms with Crippen molar-refractivity contribution in [2.45, 2.75) is 39.7 Å². The highest BCUT2D eigenvalue weighted by molar-refractivity contribution is 6.04. The maximum absolute atomic E-state index is 12.0. The molecule has 0 aliphatic heterocycles. The fourth-order valence-corrected chi connectivity index (χ4v) is 2.25. The van der Waals surface area contributed by atoms with Gasteiger partial charge in [-0.25, -0.2) is 0 Å². The van der Waals surface area contributed by atoms with Crippen LogP contribution < -0.4 is 15.4 Å². The van der Waals surface area contributed by atoms with Gasteiger partial charge in [0.15, 0.2) is 5.76 Å². The number of benzene rings is 1. The quantitative estimate of drug-likeness (QED) is 0.682. The molecule has 7 nitrogen and oxygen atoms in total. The number of hydrogen-bond acceptors (Lipinski definition) is 5. The minimum Gasteiger partial charge on any atom is -0.492 e. The monoisotopic (exact) mass is 345 g/mol. The number of rotatable bonds is 9. The summed E-state index contributed by atoms with van der Waals surface area (Å²) in [6.45, 7) is 4.61. The molecular formula is C18H23N3O4. The number of anilines is 1. The van der Waals surface area contributed by atoms with E-state index in [1.165, 1.54) is 0 Å². The molecule has 2 aromatic rings. The first-order chi connectivity index (χ1) is 12.1. The Bertz CT molecular complexity index is 712. The molecule has 1 aromatic heterocycles. The zero-order valence-electron chi connectivity index (χ0n) is 14.5. The summed E-state index contributed by atoms with van der Waals surface area (Å²) in [6, 6.07) is 8.90. The van der Waals surface area contributed by atoms with Crippen LogP contribution in [0.5, 0.6) is 5.75 Å². The maximum atomic E-state index is 12.0. The molecule has 134 valence electrons. The first-order valence-corrected chi connectivity index (χ1v) is 8.35. The van der Waals surface area contributed by atoms with Crippen LogP contribution in [-0.2, 0) is 22.6 Å². The lowest BCUT2D eigenvalue weighted by Gasteiger charge is -2.11. The molecule has 2 amide bonds. The molecule has 0 saturated heterocycles. The lowest BCUT2D eigenvalue weighted by molar-refractivity contribution is -0.127. The molecule has 0 spiro atoms. The van der Waals surface area contributed by atoms with Gasteiger partial charge in [0.1, 0.15) is 12.2 Å². The molecule has 2 N–H and O–H groups in total. The second kappa shape index (κ2) is 9.46. The third-order valence-corrected chi connectivity index (χ3v) is 3.36. The standard InChI is InChI=1S/C18H23N3O4/c1-3-7-13-10-14(25-21-13)12-19-17(22)11-18(23)20-15-8-5-6-9-16(15)24-4-2/h5-6,8-10H,3-4,7,11-12H2,1-2H3,(H,19,22)(H,20,23).